The van der Waals surface area contributed by atoms with E-state index in [1.54, 1.807) is 36.7 Å². The Labute approximate surface area is 173 Å². The second-order valence-electron chi connectivity index (χ2n) is 7.30. The maximum atomic E-state index is 12.8. The van der Waals surface area contributed by atoms with Crippen LogP contribution < -0.4 is 10.1 Å². The van der Waals surface area contributed by atoms with E-state index < -0.39 is 5.97 Å². The summed E-state index contributed by atoms with van der Waals surface area (Å²) in [6, 6.07) is 11.9. The lowest BCUT2D eigenvalue weighted by Gasteiger charge is -2.32. The number of H-pyrrole nitrogens is 1. The van der Waals surface area contributed by atoms with E-state index in [0.717, 1.165) is 11.0 Å². The van der Waals surface area contributed by atoms with E-state index >= 15 is 0 Å². The van der Waals surface area contributed by atoms with Crippen LogP contribution in [-0.4, -0.2) is 51.8 Å². The summed E-state index contributed by atoms with van der Waals surface area (Å²) in [5.74, 6) is -0.343. The number of aromatic amines is 1. The van der Waals surface area contributed by atoms with E-state index in [9.17, 15) is 14.4 Å². The number of likely N-dealkylation sites (tertiary alicyclic amines) is 1. The second-order valence-corrected chi connectivity index (χ2v) is 7.30. The van der Waals surface area contributed by atoms with Gasteiger partial charge in [0.05, 0.1) is 17.4 Å². The number of hydrogen-bond donors (Lipinski definition) is 2. The number of nitrogens with one attached hydrogen (secondary N) is 2. The molecule has 30 heavy (non-hydrogen) atoms. The van der Waals surface area contributed by atoms with Crippen LogP contribution in [0.15, 0.2) is 48.8 Å². The zero-order valence-electron chi connectivity index (χ0n) is 16.6. The van der Waals surface area contributed by atoms with E-state index in [4.69, 9.17) is 4.74 Å². The highest BCUT2D eigenvalue weighted by molar-refractivity contribution is 5.97. The number of imidazole rings is 1. The van der Waals surface area contributed by atoms with Gasteiger partial charge in [0.1, 0.15) is 5.75 Å². The highest BCUT2D eigenvalue weighted by atomic mass is 16.5. The highest BCUT2D eigenvalue weighted by Crippen LogP contribution is 2.18. The standard InChI is InChI=1S/C22H22N4O4/c1-14(27)30-18-4-2-3-15(11-18)21(28)25-17-7-9-26(10-8-17)22(29)16-5-6-19-20(12-16)24-13-23-19/h2-6,11-13,17H,7-10H2,1H3,(H,23,24)(H,25,28). The highest BCUT2D eigenvalue weighted by Gasteiger charge is 2.25. The van der Waals surface area contributed by atoms with Gasteiger partial charge in [-0.05, 0) is 49.2 Å². The van der Waals surface area contributed by atoms with Crippen LogP contribution in [0.25, 0.3) is 11.0 Å². The number of amides is 2. The van der Waals surface area contributed by atoms with E-state index in [1.807, 2.05) is 17.0 Å². The molecule has 0 radical (unpaired) electrons. The van der Waals surface area contributed by atoms with Gasteiger partial charge in [-0.1, -0.05) is 6.07 Å². The van der Waals surface area contributed by atoms with Crippen molar-refractivity contribution in [2.24, 2.45) is 0 Å². The summed E-state index contributed by atoms with van der Waals surface area (Å²) in [7, 11) is 0. The van der Waals surface area contributed by atoms with Crippen LogP contribution in [0, 0.1) is 0 Å². The van der Waals surface area contributed by atoms with Crippen molar-refractivity contribution in [2.45, 2.75) is 25.8 Å². The number of esters is 1. The van der Waals surface area contributed by atoms with Gasteiger partial charge in [-0.2, -0.15) is 0 Å². The number of carbonyl (C=O) groups is 3. The van der Waals surface area contributed by atoms with Crippen molar-refractivity contribution in [3.05, 3.63) is 59.9 Å². The predicted molar refractivity (Wildman–Crippen MR) is 110 cm³/mol. The third kappa shape index (κ3) is 4.32. The second kappa shape index (κ2) is 8.36. The maximum Gasteiger partial charge on any atom is 0.308 e. The van der Waals surface area contributed by atoms with Gasteiger partial charge in [-0.15, -0.1) is 0 Å². The number of carbonyl (C=O) groups excluding carboxylic acids is 3. The van der Waals surface area contributed by atoms with E-state index in [0.29, 0.717) is 42.8 Å². The molecular weight excluding hydrogens is 384 g/mol. The molecule has 0 unspecified atom stereocenters. The molecule has 8 heteroatoms. The number of hydrogen-bond acceptors (Lipinski definition) is 5. The molecule has 3 aromatic rings. The molecule has 0 aliphatic carbocycles. The number of ether oxygens (including phenoxy) is 1. The van der Waals surface area contributed by atoms with Crippen molar-refractivity contribution < 1.29 is 19.1 Å². The SMILES string of the molecule is CC(=O)Oc1cccc(C(=O)NC2CCN(C(=O)c3ccc4nc[nH]c4c3)CC2)c1. The molecule has 1 aromatic heterocycles. The molecule has 2 N–H and O–H groups in total. The average Bonchev–Trinajstić information content (AvgIpc) is 3.21. The topological polar surface area (TPSA) is 104 Å². The first-order valence-corrected chi connectivity index (χ1v) is 9.81. The molecule has 0 atom stereocenters. The Hall–Kier alpha value is -3.68. The molecule has 8 nitrogen and oxygen atoms in total. The van der Waals surface area contributed by atoms with Crippen molar-refractivity contribution in [2.75, 3.05) is 13.1 Å². The Morgan fingerprint density at radius 3 is 2.67 bits per heavy atom. The molecule has 1 saturated heterocycles. The Morgan fingerprint density at radius 1 is 1.10 bits per heavy atom. The van der Waals surface area contributed by atoms with Crippen LogP contribution in [0.4, 0.5) is 0 Å². The molecular formula is C22H22N4O4. The smallest absolute Gasteiger partial charge is 0.308 e. The number of fused-ring (bicyclic) bond motifs is 1. The minimum atomic E-state index is -0.434. The number of nitrogens with zero attached hydrogens (tertiary/aromatic N) is 2. The fourth-order valence-corrected chi connectivity index (χ4v) is 3.61. The van der Waals surface area contributed by atoms with Gasteiger partial charge in [0, 0.05) is 37.2 Å². The summed E-state index contributed by atoms with van der Waals surface area (Å²) in [6.45, 7) is 2.45. The van der Waals surface area contributed by atoms with Crippen LogP contribution in [0.5, 0.6) is 5.75 Å². The van der Waals surface area contributed by atoms with Gasteiger partial charge in [0.15, 0.2) is 0 Å². The van der Waals surface area contributed by atoms with E-state index in [-0.39, 0.29) is 17.9 Å². The van der Waals surface area contributed by atoms with E-state index in [1.165, 1.54) is 6.92 Å². The molecule has 2 amide bonds. The third-order valence-corrected chi connectivity index (χ3v) is 5.14. The summed E-state index contributed by atoms with van der Waals surface area (Å²) < 4.78 is 5.03. The number of benzene rings is 2. The van der Waals surface area contributed by atoms with Gasteiger partial charge in [-0.3, -0.25) is 14.4 Å². The first kappa shape index (κ1) is 19.6. The Bertz CT molecular complexity index is 1100. The zero-order chi connectivity index (χ0) is 21.1. The molecule has 0 saturated carbocycles. The van der Waals surface area contributed by atoms with Gasteiger partial charge in [0.2, 0.25) is 0 Å². The summed E-state index contributed by atoms with van der Waals surface area (Å²) in [6.07, 6.45) is 2.95. The first-order valence-electron chi connectivity index (χ1n) is 9.81. The average molecular weight is 406 g/mol. The lowest BCUT2D eigenvalue weighted by atomic mass is 10.0. The van der Waals surface area contributed by atoms with Gasteiger partial charge < -0.3 is 19.9 Å². The van der Waals surface area contributed by atoms with Gasteiger partial charge in [0.25, 0.3) is 11.8 Å². The molecule has 4 rings (SSSR count). The van der Waals surface area contributed by atoms with Gasteiger partial charge >= 0.3 is 5.97 Å². The summed E-state index contributed by atoms with van der Waals surface area (Å²) in [4.78, 5) is 45.4. The molecule has 2 heterocycles. The fraction of sp³-hybridized carbons (Fsp3) is 0.273. The molecule has 0 bridgehead atoms. The Morgan fingerprint density at radius 2 is 1.90 bits per heavy atom. The zero-order valence-corrected chi connectivity index (χ0v) is 16.6. The Kier molecular flexibility index (Phi) is 5.47. The van der Waals surface area contributed by atoms with Crippen molar-refractivity contribution in [3.63, 3.8) is 0 Å². The molecule has 1 fully saturated rings. The normalized spacial score (nSPS) is 14.5. The fourth-order valence-electron chi connectivity index (χ4n) is 3.61. The quantitative estimate of drug-likeness (QED) is 0.512. The van der Waals surface area contributed by atoms with Gasteiger partial charge in [-0.25, -0.2) is 4.98 Å². The van der Waals surface area contributed by atoms with Crippen molar-refractivity contribution in [3.8, 4) is 5.75 Å². The summed E-state index contributed by atoms with van der Waals surface area (Å²) in [5, 5.41) is 3.01. The number of rotatable bonds is 4. The van der Waals surface area contributed by atoms with Crippen LogP contribution in [0.2, 0.25) is 0 Å². The van der Waals surface area contributed by atoms with Crippen LogP contribution in [-0.2, 0) is 4.79 Å². The minimum Gasteiger partial charge on any atom is -0.427 e. The van der Waals surface area contributed by atoms with Crippen LogP contribution in [0.1, 0.15) is 40.5 Å². The van der Waals surface area contributed by atoms with Crippen LogP contribution >= 0.6 is 0 Å². The molecule has 2 aromatic carbocycles. The largest absolute Gasteiger partial charge is 0.427 e. The third-order valence-electron chi connectivity index (χ3n) is 5.14. The van der Waals surface area contributed by atoms with Crippen molar-refractivity contribution in [1.82, 2.24) is 20.2 Å². The first-order chi connectivity index (χ1) is 14.5. The monoisotopic (exact) mass is 406 g/mol. The lowest BCUT2D eigenvalue weighted by Crippen LogP contribution is -2.46. The number of aromatic nitrogens is 2. The molecule has 0 spiro atoms. The number of piperidine rings is 1. The summed E-state index contributed by atoms with van der Waals surface area (Å²) in [5.41, 5.74) is 2.71. The van der Waals surface area contributed by atoms with Crippen molar-refractivity contribution >= 4 is 28.8 Å². The Balaban J connectivity index is 1.33. The molecule has 154 valence electrons. The van der Waals surface area contributed by atoms with Crippen molar-refractivity contribution in [1.29, 1.82) is 0 Å². The maximum absolute atomic E-state index is 12.8. The lowest BCUT2D eigenvalue weighted by molar-refractivity contribution is -0.131. The molecule has 1 aliphatic rings. The predicted octanol–water partition coefficient (Wildman–Crippen LogP) is 2.52. The van der Waals surface area contributed by atoms with E-state index in [2.05, 4.69) is 15.3 Å². The molecule has 1 aliphatic heterocycles. The summed E-state index contributed by atoms with van der Waals surface area (Å²) >= 11 is 0. The van der Waals surface area contributed by atoms with Crippen LogP contribution in [0.3, 0.4) is 0 Å². The minimum absolute atomic E-state index is 0.0194.